The van der Waals surface area contributed by atoms with Crippen LogP contribution >= 0.6 is 0 Å². The molecule has 0 spiro atoms. The van der Waals surface area contributed by atoms with Crippen LogP contribution in [0.3, 0.4) is 0 Å². The number of hydrogen-bond donors (Lipinski definition) is 2. The lowest BCUT2D eigenvalue weighted by atomic mass is 10.1. The number of hydrogen-bond acceptors (Lipinski definition) is 8. The molecule has 4 aromatic rings. The molecule has 2 atom stereocenters. The highest BCUT2D eigenvalue weighted by atomic mass is 19.4. The maximum atomic E-state index is 14.2. The van der Waals surface area contributed by atoms with Crippen molar-refractivity contribution in [2.24, 2.45) is 0 Å². The van der Waals surface area contributed by atoms with Gasteiger partial charge in [-0.15, -0.1) is 5.10 Å². The normalized spacial score (nSPS) is 17.3. The van der Waals surface area contributed by atoms with Gasteiger partial charge in [0.25, 0.3) is 0 Å². The Kier molecular flexibility index (Phi) is 7.39. The maximum Gasteiger partial charge on any atom is 0.420 e. The summed E-state index contributed by atoms with van der Waals surface area (Å²) >= 11 is 0. The number of anilines is 1. The Morgan fingerprint density at radius 1 is 1.24 bits per heavy atom. The molecule has 1 aliphatic rings. The highest BCUT2D eigenvalue weighted by Crippen LogP contribution is 2.40. The van der Waals surface area contributed by atoms with Gasteiger partial charge in [0.2, 0.25) is 5.95 Å². The number of alkyl halides is 3. The lowest BCUT2D eigenvalue weighted by Gasteiger charge is -2.22. The van der Waals surface area contributed by atoms with Crippen molar-refractivity contribution in [3.8, 4) is 17.1 Å². The van der Waals surface area contributed by atoms with Gasteiger partial charge < -0.3 is 19.9 Å². The Labute approximate surface area is 216 Å². The zero-order valence-corrected chi connectivity index (χ0v) is 21.2. The molecule has 1 fully saturated rings. The molecule has 0 aromatic carbocycles. The van der Waals surface area contributed by atoms with Crippen LogP contribution in [0.2, 0.25) is 0 Å². The van der Waals surface area contributed by atoms with Crippen LogP contribution < -0.4 is 10.1 Å². The fourth-order valence-electron chi connectivity index (χ4n) is 4.67. The standard InChI is InChI=1S/C25H30F3N7O3/c1-3-37-16-9-10-18-20-22(32-35(19-8-4-5-12-38-19)23(20)33-34(18)14-16)21-17(25(26,27)28)13-29-24(31-21)30-15(2)7-6-11-36/h9-10,13-15,19,36H,3-8,11-12H2,1-2H3,(H,29,30,31)/t15-,19?/m0/s1. The van der Waals surface area contributed by atoms with Gasteiger partial charge in [-0.3, -0.25) is 0 Å². The van der Waals surface area contributed by atoms with E-state index in [2.05, 4.69) is 25.5 Å². The minimum atomic E-state index is -4.71. The van der Waals surface area contributed by atoms with Crippen LogP contribution in [0.25, 0.3) is 27.9 Å². The van der Waals surface area contributed by atoms with Crippen molar-refractivity contribution in [1.82, 2.24) is 29.4 Å². The van der Waals surface area contributed by atoms with Crippen molar-refractivity contribution in [3.05, 3.63) is 30.1 Å². The first-order chi connectivity index (χ1) is 18.3. The molecule has 13 heteroatoms. The summed E-state index contributed by atoms with van der Waals surface area (Å²) in [6.07, 6.45) is 0.931. The zero-order chi connectivity index (χ0) is 26.9. The molecule has 0 saturated carbocycles. The Balaban J connectivity index is 1.71. The molecule has 0 radical (unpaired) electrons. The third kappa shape index (κ3) is 5.12. The van der Waals surface area contributed by atoms with Crippen molar-refractivity contribution in [1.29, 1.82) is 0 Å². The summed E-state index contributed by atoms with van der Waals surface area (Å²) in [5.41, 5.74) is -0.314. The van der Waals surface area contributed by atoms with Crippen molar-refractivity contribution >= 4 is 22.5 Å². The van der Waals surface area contributed by atoms with Gasteiger partial charge in [-0.25, -0.2) is 19.2 Å². The average Bonchev–Trinajstić information content (AvgIpc) is 3.44. The molecular weight excluding hydrogens is 503 g/mol. The zero-order valence-electron chi connectivity index (χ0n) is 21.2. The monoisotopic (exact) mass is 533 g/mol. The average molecular weight is 534 g/mol. The molecular formula is C25H30F3N7O3. The first-order valence-electron chi connectivity index (χ1n) is 12.8. The van der Waals surface area contributed by atoms with Crippen LogP contribution in [0.5, 0.6) is 5.75 Å². The van der Waals surface area contributed by atoms with Crippen LogP contribution in [0.4, 0.5) is 19.1 Å². The van der Waals surface area contributed by atoms with Gasteiger partial charge in [-0.2, -0.15) is 18.3 Å². The van der Waals surface area contributed by atoms with E-state index >= 15 is 0 Å². The van der Waals surface area contributed by atoms with E-state index in [0.29, 0.717) is 54.8 Å². The molecule has 1 aliphatic heterocycles. The third-order valence-corrected chi connectivity index (χ3v) is 6.47. The van der Waals surface area contributed by atoms with Gasteiger partial charge in [0.15, 0.2) is 11.9 Å². The highest BCUT2D eigenvalue weighted by molar-refractivity contribution is 6.03. The topological polar surface area (TPSA) is 112 Å². The lowest BCUT2D eigenvalue weighted by Crippen LogP contribution is -2.20. The van der Waals surface area contributed by atoms with Gasteiger partial charge >= 0.3 is 6.18 Å². The van der Waals surface area contributed by atoms with Crippen LogP contribution in [0, 0.1) is 0 Å². The van der Waals surface area contributed by atoms with Crippen LogP contribution in [-0.2, 0) is 10.9 Å². The molecule has 0 aliphatic carbocycles. The Morgan fingerprint density at radius 2 is 2.08 bits per heavy atom. The minimum Gasteiger partial charge on any atom is -0.492 e. The molecule has 1 unspecified atom stereocenters. The summed E-state index contributed by atoms with van der Waals surface area (Å²) in [7, 11) is 0. The van der Waals surface area contributed by atoms with Crippen molar-refractivity contribution in [3.63, 3.8) is 0 Å². The quantitative estimate of drug-likeness (QED) is 0.315. The smallest absolute Gasteiger partial charge is 0.420 e. The van der Waals surface area contributed by atoms with E-state index in [1.807, 2.05) is 13.8 Å². The van der Waals surface area contributed by atoms with Crippen LogP contribution in [0.1, 0.15) is 57.7 Å². The summed E-state index contributed by atoms with van der Waals surface area (Å²) in [6.45, 7) is 4.73. The molecule has 2 N–H and O–H groups in total. The molecule has 0 bridgehead atoms. The summed E-state index contributed by atoms with van der Waals surface area (Å²) in [5.74, 6) is 0.631. The van der Waals surface area contributed by atoms with Crippen molar-refractivity contribution in [2.75, 3.05) is 25.1 Å². The Hall–Kier alpha value is -3.45. The second-order valence-electron chi connectivity index (χ2n) is 9.31. The molecule has 4 aromatic heterocycles. The molecule has 0 amide bonds. The summed E-state index contributed by atoms with van der Waals surface area (Å²) < 4.78 is 57.3. The van der Waals surface area contributed by atoms with E-state index in [1.165, 1.54) is 0 Å². The highest BCUT2D eigenvalue weighted by Gasteiger charge is 2.38. The van der Waals surface area contributed by atoms with E-state index in [4.69, 9.17) is 14.6 Å². The number of fused-ring (bicyclic) bond motifs is 3. The van der Waals surface area contributed by atoms with Gasteiger partial charge in [-0.05, 0) is 58.1 Å². The van der Waals surface area contributed by atoms with Crippen molar-refractivity contribution in [2.45, 2.75) is 64.4 Å². The number of nitrogens with zero attached hydrogens (tertiary/aromatic N) is 6. The number of aliphatic hydroxyl groups is 1. The van der Waals surface area contributed by atoms with E-state index < -0.39 is 18.0 Å². The fourth-order valence-corrected chi connectivity index (χ4v) is 4.67. The minimum absolute atomic E-state index is 0.0174. The lowest BCUT2D eigenvalue weighted by molar-refractivity contribution is -0.137. The van der Waals surface area contributed by atoms with Gasteiger partial charge in [0, 0.05) is 25.5 Å². The molecule has 204 valence electrons. The van der Waals surface area contributed by atoms with Crippen molar-refractivity contribution < 1.29 is 27.8 Å². The summed E-state index contributed by atoms with van der Waals surface area (Å²) in [5, 5.41) is 21.9. The van der Waals surface area contributed by atoms with Gasteiger partial charge in [0.05, 0.1) is 23.7 Å². The maximum absolute atomic E-state index is 14.2. The number of aromatic nitrogens is 6. The van der Waals surface area contributed by atoms with Crippen LogP contribution in [0.15, 0.2) is 24.5 Å². The predicted molar refractivity (Wildman–Crippen MR) is 134 cm³/mol. The number of nitrogens with one attached hydrogen (secondary N) is 1. The van der Waals surface area contributed by atoms with Gasteiger partial charge in [-0.1, -0.05) is 0 Å². The van der Waals surface area contributed by atoms with E-state index in [0.717, 1.165) is 19.0 Å². The number of pyridine rings is 1. The summed E-state index contributed by atoms with van der Waals surface area (Å²) in [4.78, 5) is 8.25. The number of rotatable bonds is 9. The molecule has 5 rings (SSSR count). The Bertz CT molecular complexity index is 1410. The molecule has 5 heterocycles. The molecule has 38 heavy (non-hydrogen) atoms. The fraction of sp³-hybridized carbons (Fsp3) is 0.520. The SMILES string of the molecule is CCOc1ccc2c3c(-c4nc(N[C@@H](C)CCCO)ncc4C(F)(F)F)nn(C4CCCCO4)c3nn2c1. The summed E-state index contributed by atoms with van der Waals surface area (Å²) in [6, 6.07) is 3.34. The predicted octanol–water partition coefficient (Wildman–Crippen LogP) is 4.83. The molecule has 10 nitrogen and oxygen atoms in total. The van der Waals surface area contributed by atoms with Crippen LogP contribution in [-0.4, -0.2) is 60.3 Å². The Morgan fingerprint density at radius 3 is 2.79 bits per heavy atom. The second-order valence-corrected chi connectivity index (χ2v) is 9.31. The van der Waals surface area contributed by atoms with E-state index in [9.17, 15) is 13.2 Å². The number of ether oxygens (including phenoxy) is 2. The van der Waals surface area contributed by atoms with Gasteiger partial charge in [0.1, 0.15) is 22.7 Å². The number of halogens is 3. The van der Waals surface area contributed by atoms with E-state index in [-0.39, 0.29) is 30.0 Å². The third-order valence-electron chi connectivity index (χ3n) is 6.47. The second kappa shape index (κ2) is 10.7. The largest absolute Gasteiger partial charge is 0.492 e. The first kappa shape index (κ1) is 26.2. The van der Waals surface area contributed by atoms with E-state index in [1.54, 1.807) is 27.5 Å². The number of aliphatic hydroxyl groups excluding tert-OH is 1. The molecule has 1 saturated heterocycles. The first-order valence-corrected chi connectivity index (χ1v) is 12.8.